The Morgan fingerprint density at radius 1 is 1.53 bits per heavy atom. The lowest BCUT2D eigenvalue weighted by Gasteiger charge is -2.32. The highest BCUT2D eigenvalue weighted by atomic mass is 16.5. The van der Waals surface area contributed by atoms with Crippen LogP contribution in [-0.4, -0.2) is 37.1 Å². The second-order valence-electron chi connectivity index (χ2n) is 4.24. The molecule has 1 fully saturated rings. The second kappa shape index (κ2) is 5.14. The number of methoxy groups -OCH3 is 1. The van der Waals surface area contributed by atoms with Crippen molar-refractivity contribution in [3.63, 3.8) is 0 Å². The fraction of sp³-hybridized carbons (Fsp3) is 0.500. The smallest absolute Gasteiger partial charge is 0.129 e. The number of aromatic nitrogens is 1. The van der Waals surface area contributed by atoms with Crippen LogP contribution in [0.1, 0.15) is 18.4 Å². The molecule has 2 rings (SSSR count). The number of amidine groups is 1. The molecule has 1 aliphatic rings. The van der Waals surface area contributed by atoms with Crippen molar-refractivity contribution in [2.24, 2.45) is 5.73 Å². The van der Waals surface area contributed by atoms with Crippen LogP contribution in [0.3, 0.4) is 0 Å². The first kappa shape index (κ1) is 11.9. The highest BCUT2D eigenvalue weighted by Gasteiger charge is 2.19. The molecule has 17 heavy (non-hydrogen) atoms. The molecule has 3 N–H and O–H groups in total. The van der Waals surface area contributed by atoms with Crippen LogP contribution in [0.2, 0.25) is 0 Å². The fourth-order valence-electron chi connectivity index (χ4n) is 2.08. The first-order valence-electron chi connectivity index (χ1n) is 5.79. The summed E-state index contributed by atoms with van der Waals surface area (Å²) in [4.78, 5) is 6.54. The van der Waals surface area contributed by atoms with Gasteiger partial charge in [-0.2, -0.15) is 0 Å². The molecule has 0 aromatic carbocycles. The number of piperidine rings is 1. The maximum atomic E-state index is 7.42. The highest BCUT2D eigenvalue weighted by molar-refractivity contribution is 5.95. The van der Waals surface area contributed by atoms with E-state index in [0.717, 1.165) is 37.3 Å². The largest absolute Gasteiger partial charge is 0.384 e. The Labute approximate surface area is 101 Å². The number of ether oxygens (including phenoxy) is 1. The van der Waals surface area contributed by atoms with Gasteiger partial charge in [0.2, 0.25) is 0 Å². The molecular weight excluding hydrogens is 216 g/mol. The summed E-state index contributed by atoms with van der Waals surface area (Å²) in [6, 6.07) is 3.63. The van der Waals surface area contributed by atoms with E-state index >= 15 is 0 Å². The van der Waals surface area contributed by atoms with Crippen molar-refractivity contribution in [3.8, 4) is 0 Å². The van der Waals surface area contributed by atoms with E-state index in [2.05, 4.69) is 9.88 Å². The average molecular weight is 234 g/mol. The number of anilines is 1. The number of pyridine rings is 1. The molecule has 1 aliphatic heterocycles. The predicted octanol–water partition coefficient (Wildman–Crippen LogP) is 0.981. The van der Waals surface area contributed by atoms with Crippen LogP contribution in [0.25, 0.3) is 0 Å². The van der Waals surface area contributed by atoms with Gasteiger partial charge in [0.05, 0.1) is 6.10 Å². The summed E-state index contributed by atoms with van der Waals surface area (Å²) in [7, 11) is 1.76. The number of nitrogens with two attached hydrogens (primary N) is 1. The monoisotopic (exact) mass is 234 g/mol. The van der Waals surface area contributed by atoms with Crippen molar-refractivity contribution < 1.29 is 4.74 Å². The molecule has 0 aliphatic carbocycles. The van der Waals surface area contributed by atoms with Gasteiger partial charge in [0, 0.05) is 32.0 Å². The van der Waals surface area contributed by atoms with Crippen LogP contribution in [-0.2, 0) is 4.74 Å². The Hall–Kier alpha value is -1.62. The van der Waals surface area contributed by atoms with Crippen LogP contribution in [0.5, 0.6) is 0 Å². The van der Waals surface area contributed by atoms with Gasteiger partial charge in [-0.3, -0.25) is 5.41 Å². The summed E-state index contributed by atoms with van der Waals surface area (Å²) in [5.74, 6) is 0.979. The Balaban J connectivity index is 2.08. The van der Waals surface area contributed by atoms with Gasteiger partial charge in [0.15, 0.2) is 0 Å². The van der Waals surface area contributed by atoms with Gasteiger partial charge in [-0.1, -0.05) is 0 Å². The maximum Gasteiger partial charge on any atom is 0.129 e. The normalized spacial score (nSPS) is 17.1. The van der Waals surface area contributed by atoms with Crippen molar-refractivity contribution in [2.75, 3.05) is 25.1 Å². The summed E-state index contributed by atoms with van der Waals surface area (Å²) in [6.07, 6.45) is 4.10. The van der Waals surface area contributed by atoms with Crippen molar-refractivity contribution in [1.82, 2.24) is 4.98 Å². The van der Waals surface area contributed by atoms with E-state index in [9.17, 15) is 0 Å². The minimum absolute atomic E-state index is 0.0837. The Kier molecular flexibility index (Phi) is 3.58. The molecule has 5 nitrogen and oxygen atoms in total. The first-order chi connectivity index (χ1) is 8.20. The molecule has 2 heterocycles. The molecule has 0 radical (unpaired) electrons. The molecule has 0 spiro atoms. The standard InChI is InChI=1S/C12H18N4O/c1-17-10-3-6-16(7-4-10)11-8-9(12(13)14)2-5-15-11/h2,5,8,10H,3-4,6-7H2,1H3,(H3,13,14). The molecule has 1 aromatic heterocycles. The molecule has 0 amide bonds. The molecule has 0 bridgehead atoms. The molecular formula is C12H18N4O. The third-order valence-corrected chi connectivity index (χ3v) is 3.16. The van der Waals surface area contributed by atoms with Crippen LogP contribution in [0, 0.1) is 5.41 Å². The number of hydrogen-bond donors (Lipinski definition) is 2. The van der Waals surface area contributed by atoms with Gasteiger partial charge in [0.1, 0.15) is 11.7 Å². The fourth-order valence-corrected chi connectivity index (χ4v) is 2.08. The van der Waals surface area contributed by atoms with E-state index in [4.69, 9.17) is 15.9 Å². The van der Waals surface area contributed by atoms with Crippen LogP contribution in [0.4, 0.5) is 5.82 Å². The molecule has 1 saturated heterocycles. The van der Waals surface area contributed by atoms with Crippen LogP contribution in [0.15, 0.2) is 18.3 Å². The third kappa shape index (κ3) is 2.74. The zero-order chi connectivity index (χ0) is 12.3. The van der Waals surface area contributed by atoms with Gasteiger partial charge >= 0.3 is 0 Å². The van der Waals surface area contributed by atoms with E-state index in [0.29, 0.717) is 6.10 Å². The number of nitrogens with one attached hydrogen (secondary N) is 1. The first-order valence-corrected chi connectivity index (χ1v) is 5.79. The van der Waals surface area contributed by atoms with E-state index in [1.807, 2.05) is 6.07 Å². The van der Waals surface area contributed by atoms with Gasteiger partial charge in [-0.05, 0) is 25.0 Å². The summed E-state index contributed by atoms with van der Waals surface area (Å²) in [6.45, 7) is 1.87. The van der Waals surface area contributed by atoms with E-state index in [-0.39, 0.29) is 5.84 Å². The maximum absolute atomic E-state index is 7.42. The Morgan fingerprint density at radius 2 is 2.24 bits per heavy atom. The van der Waals surface area contributed by atoms with Crippen molar-refractivity contribution in [1.29, 1.82) is 5.41 Å². The third-order valence-electron chi connectivity index (χ3n) is 3.16. The summed E-state index contributed by atoms with van der Waals surface area (Å²) >= 11 is 0. The summed E-state index contributed by atoms with van der Waals surface area (Å²) in [5, 5.41) is 7.42. The van der Waals surface area contributed by atoms with Gasteiger partial charge < -0.3 is 15.4 Å². The number of rotatable bonds is 3. The minimum Gasteiger partial charge on any atom is -0.384 e. The van der Waals surface area contributed by atoms with Crippen LogP contribution >= 0.6 is 0 Å². The summed E-state index contributed by atoms with van der Waals surface area (Å²) < 4.78 is 5.34. The summed E-state index contributed by atoms with van der Waals surface area (Å²) in [5.41, 5.74) is 6.20. The van der Waals surface area contributed by atoms with Crippen molar-refractivity contribution in [2.45, 2.75) is 18.9 Å². The molecule has 5 heteroatoms. The van der Waals surface area contributed by atoms with Crippen molar-refractivity contribution >= 4 is 11.7 Å². The molecule has 92 valence electrons. The average Bonchev–Trinajstić information content (AvgIpc) is 2.39. The second-order valence-corrected chi connectivity index (χ2v) is 4.24. The molecule has 0 atom stereocenters. The van der Waals surface area contributed by atoms with E-state index in [1.54, 1.807) is 19.4 Å². The SMILES string of the molecule is COC1CCN(c2cc(C(=N)N)ccn2)CC1. The lowest BCUT2D eigenvalue weighted by atomic mass is 10.1. The predicted molar refractivity (Wildman–Crippen MR) is 67.5 cm³/mol. The number of hydrogen-bond acceptors (Lipinski definition) is 4. The Morgan fingerprint density at radius 3 is 2.82 bits per heavy atom. The number of nitrogen functional groups attached to an aromatic ring is 1. The van der Waals surface area contributed by atoms with Gasteiger partial charge in [0.25, 0.3) is 0 Å². The molecule has 0 saturated carbocycles. The van der Waals surface area contributed by atoms with E-state index < -0.39 is 0 Å². The highest BCUT2D eigenvalue weighted by Crippen LogP contribution is 2.19. The van der Waals surface area contributed by atoms with E-state index in [1.165, 1.54) is 0 Å². The quantitative estimate of drug-likeness (QED) is 0.604. The van der Waals surface area contributed by atoms with Crippen LogP contribution < -0.4 is 10.6 Å². The minimum atomic E-state index is 0.0837. The zero-order valence-corrected chi connectivity index (χ0v) is 10.0. The molecule has 0 unspecified atom stereocenters. The lowest BCUT2D eigenvalue weighted by Crippen LogP contribution is -2.37. The van der Waals surface area contributed by atoms with Gasteiger partial charge in [-0.25, -0.2) is 4.98 Å². The topological polar surface area (TPSA) is 75.2 Å². The van der Waals surface area contributed by atoms with Gasteiger partial charge in [-0.15, -0.1) is 0 Å². The molecule has 1 aromatic rings. The van der Waals surface area contributed by atoms with Crippen molar-refractivity contribution in [3.05, 3.63) is 23.9 Å². The zero-order valence-electron chi connectivity index (χ0n) is 10.0. The number of nitrogens with zero attached hydrogens (tertiary/aromatic N) is 2. The lowest BCUT2D eigenvalue weighted by molar-refractivity contribution is 0.0818. The Bertz CT molecular complexity index is 399.